The van der Waals surface area contributed by atoms with E-state index in [1.807, 2.05) is 0 Å². The van der Waals surface area contributed by atoms with Crippen LogP contribution in [0.15, 0.2) is 24.3 Å². The summed E-state index contributed by atoms with van der Waals surface area (Å²) in [6.45, 7) is 2.14. The van der Waals surface area contributed by atoms with Crippen LogP contribution in [0.1, 0.15) is 37.3 Å². The second kappa shape index (κ2) is 5.46. The topological polar surface area (TPSA) is 43.1 Å². The number of ketones is 1. The van der Waals surface area contributed by atoms with Crippen molar-refractivity contribution < 1.29 is 4.79 Å². The quantitative estimate of drug-likeness (QED) is 0.865. The molecule has 0 spiro atoms. The molecule has 2 heteroatoms. The van der Waals surface area contributed by atoms with Gasteiger partial charge in [0.1, 0.15) is 5.78 Å². The minimum absolute atomic E-state index is 0.204. The second-order valence-corrected chi connectivity index (χ2v) is 5.08. The molecule has 92 valence electrons. The monoisotopic (exact) mass is 231 g/mol. The number of Topliss-reactive ketones (excluding diaryl/α,β-unsaturated/α-hetero) is 1. The standard InChI is InChI=1S/C15H21NO/c1-2-11-3-5-12(6-4-11)9-15(17)13-7-8-14(16)10-13/h3-6,13-14H,2,7-10,16H2,1H3. The Morgan fingerprint density at radius 3 is 2.41 bits per heavy atom. The second-order valence-electron chi connectivity index (χ2n) is 5.08. The van der Waals surface area contributed by atoms with Gasteiger partial charge in [0.05, 0.1) is 0 Å². The van der Waals surface area contributed by atoms with Crippen LogP contribution in [0, 0.1) is 5.92 Å². The van der Waals surface area contributed by atoms with Gasteiger partial charge in [0.25, 0.3) is 0 Å². The van der Waals surface area contributed by atoms with Crippen LogP contribution in [0.2, 0.25) is 0 Å². The molecule has 1 aliphatic carbocycles. The number of carbonyl (C=O) groups is 1. The Labute approximate surface area is 103 Å². The Kier molecular flexibility index (Phi) is 3.95. The van der Waals surface area contributed by atoms with E-state index >= 15 is 0 Å². The predicted molar refractivity (Wildman–Crippen MR) is 69.8 cm³/mol. The van der Waals surface area contributed by atoms with Gasteiger partial charge < -0.3 is 5.73 Å². The smallest absolute Gasteiger partial charge is 0.140 e. The SMILES string of the molecule is CCc1ccc(CC(=O)C2CCC(N)C2)cc1. The molecule has 0 bridgehead atoms. The lowest BCUT2D eigenvalue weighted by Crippen LogP contribution is -2.19. The number of benzene rings is 1. The van der Waals surface area contributed by atoms with Gasteiger partial charge in [0.2, 0.25) is 0 Å². The summed E-state index contributed by atoms with van der Waals surface area (Å²) in [5.41, 5.74) is 8.30. The van der Waals surface area contributed by atoms with Crippen molar-refractivity contribution in [2.45, 2.75) is 45.1 Å². The maximum Gasteiger partial charge on any atom is 0.140 e. The molecular formula is C15H21NO. The first-order valence-corrected chi connectivity index (χ1v) is 6.55. The number of carbonyl (C=O) groups excluding carboxylic acids is 1. The molecule has 0 saturated heterocycles. The Morgan fingerprint density at radius 1 is 1.24 bits per heavy atom. The summed E-state index contributed by atoms with van der Waals surface area (Å²) in [7, 11) is 0. The Morgan fingerprint density at radius 2 is 1.88 bits per heavy atom. The zero-order chi connectivity index (χ0) is 12.3. The molecule has 17 heavy (non-hydrogen) atoms. The maximum absolute atomic E-state index is 12.1. The molecule has 0 aliphatic heterocycles. The highest BCUT2D eigenvalue weighted by Gasteiger charge is 2.27. The first kappa shape index (κ1) is 12.3. The Hall–Kier alpha value is -1.15. The molecule has 2 atom stereocenters. The number of aryl methyl sites for hydroxylation is 1. The van der Waals surface area contributed by atoms with Gasteiger partial charge in [-0.15, -0.1) is 0 Å². The molecule has 0 heterocycles. The number of rotatable bonds is 4. The van der Waals surface area contributed by atoms with Gasteiger partial charge in [-0.05, 0) is 36.8 Å². The van der Waals surface area contributed by atoms with E-state index < -0.39 is 0 Å². The van der Waals surface area contributed by atoms with Crippen LogP contribution >= 0.6 is 0 Å². The summed E-state index contributed by atoms with van der Waals surface area (Å²) >= 11 is 0. The zero-order valence-electron chi connectivity index (χ0n) is 10.5. The third kappa shape index (κ3) is 3.16. The third-order valence-corrected chi connectivity index (χ3v) is 3.74. The van der Waals surface area contributed by atoms with Crippen LogP contribution in [0.4, 0.5) is 0 Å². The lowest BCUT2D eigenvalue weighted by Gasteiger charge is -2.08. The highest BCUT2D eigenvalue weighted by atomic mass is 16.1. The lowest BCUT2D eigenvalue weighted by molar-refractivity contribution is -0.122. The molecule has 1 aromatic rings. The predicted octanol–water partition coefficient (Wildman–Crippen LogP) is 2.49. The van der Waals surface area contributed by atoms with Crippen molar-refractivity contribution in [3.8, 4) is 0 Å². The minimum Gasteiger partial charge on any atom is -0.328 e. The van der Waals surface area contributed by atoms with Crippen molar-refractivity contribution in [2.24, 2.45) is 11.7 Å². The van der Waals surface area contributed by atoms with Gasteiger partial charge in [-0.2, -0.15) is 0 Å². The first-order chi connectivity index (χ1) is 8.19. The van der Waals surface area contributed by atoms with E-state index in [4.69, 9.17) is 5.73 Å². The molecule has 2 N–H and O–H groups in total. The molecule has 1 saturated carbocycles. The lowest BCUT2D eigenvalue weighted by atomic mass is 9.96. The van der Waals surface area contributed by atoms with Gasteiger partial charge in [-0.1, -0.05) is 31.2 Å². The van der Waals surface area contributed by atoms with Gasteiger partial charge in [-0.3, -0.25) is 4.79 Å². The van der Waals surface area contributed by atoms with Gasteiger partial charge in [-0.25, -0.2) is 0 Å². The van der Waals surface area contributed by atoms with Crippen molar-refractivity contribution >= 4 is 5.78 Å². The summed E-state index contributed by atoms with van der Waals surface area (Å²) in [6, 6.07) is 8.62. The summed E-state index contributed by atoms with van der Waals surface area (Å²) in [5.74, 6) is 0.568. The molecule has 0 radical (unpaired) electrons. The average molecular weight is 231 g/mol. The van der Waals surface area contributed by atoms with E-state index in [2.05, 4.69) is 31.2 Å². The van der Waals surface area contributed by atoms with Gasteiger partial charge >= 0.3 is 0 Å². The third-order valence-electron chi connectivity index (χ3n) is 3.74. The fourth-order valence-electron chi connectivity index (χ4n) is 2.55. The molecule has 0 aromatic heterocycles. The summed E-state index contributed by atoms with van der Waals surface area (Å²) in [6.07, 6.45) is 4.48. The normalized spacial score (nSPS) is 23.9. The highest BCUT2D eigenvalue weighted by molar-refractivity contribution is 5.83. The molecule has 0 amide bonds. The fraction of sp³-hybridized carbons (Fsp3) is 0.533. The Bertz CT molecular complexity index is 382. The van der Waals surface area contributed by atoms with E-state index in [-0.39, 0.29) is 12.0 Å². The van der Waals surface area contributed by atoms with Crippen LogP contribution < -0.4 is 5.73 Å². The van der Waals surface area contributed by atoms with E-state index in [0.717, 1.165) is 31.2 Å². The van der Waals surface area contributed by atoms with E-state index in [0.29, 0.717) is 12.2 Å². The van der Waals surface area contributed by atoms with Crippen LogP contribution in [-0.2, 0) is 17.6 Å². The number of hydrogen-bond acceptors (Lipinski definition) is 2. The molecule has 1 fully saturated rings. The largest absolute Gasteiger partial charge is 0.328 e. The average Bonchev–Trinajstić information content (AvgIpc) is 2.77. The summed E-state index contributed by atoms with van der Waals surface area (Å²) in [5, 5.41) is 0. The Balaban J connectivity index is 1.93. The van der Waals surface area contributed by atoms with Crippen LogP contribution in [0.3, 0.4) is 0 Å². The molecule has 2 nitrogen and oxygen atoms in total. The van der Waals surface area contributed by atoms with Crippen molar-refractivity contribution in [3.05, 3.63) is 35.4 Å². The minimum atomic E-state index is 0.204. The van der Waals surface area contributed by atoms with Crippen molar-refractivity contribution in [1.29, 1.82) is 0 Å². The van der Waals surface area contributed by atoms with Crippen molar-refractivity contribution in [1.82, 2.24) is 0 Å². The first-order valence-electron chi connectivity index (χ1n) is 6.55. The molecule has 1 aliphatic rings. The molecule has 2 rings (SSSR count). The molecule has 2 unspecified atom stereocenters. The zero-order valence-corrected chi connectivity index (χ0v) is 10.5. The molecule has 1 aromatic carbocycles. The van der Waals surface area contributed by atoms with E-state index in [9.17, 15) is 4.79 Å². The van der Waals surface area contributed by atoms with Gasteiger partial charge in [0.15, 0.2) is 0 Å². The number of nitrogens with two attached hydrogens (primary N) is 1. The van der Waals surface area contributed by atoms with Crippen LogP contribution in [-0.4, -0.2) is 11.8 Å². The van der Waals surface area contributed by atoms with E-state index in [1.165, 1.54) is 5.56 Å². The number of hydrogen-bond donors (Lipinski definition) is 1. The van der Waals surface area contributed by atoms with Crippen molar-refractivity contribution in [3.63, 3.8) is 0 Å². The maximum atomic E-state index is 12.1. The summed E-state index contributed by atoms with van der Waals surface area (Å²) < 4.78 is 0. The van der Waals surface area contributed by atoms with Gasteiger partial charge in [0, 0.05) is 18.4 Å². The fourth-order valence-corrected chi connectivity index (χ4v) is 2.55. The van der Waals surface area contributed by atoms with Crippen LogP contribution in [0.25, 0.3) is 0 Å². The highest BCUT2D eigenvalue weighted by Crippen LogP contribution is 2.26. The van der Waals surface area contributed by atoms with Crippen LogP contribution in [0.5, 0.6) is 0 Å². The van der Waals surface area contributed by atoms with E-state index in [1.54, 1.807) is 0 Å². The summed E-state index contributed by atoms with van der Waals surface area (Å²) in [4.78, 5) is 12.1. The molecular weight excluding hydrogens is 210 g/mol. The van der Waals surface area contributed by atoms with Crippen molar-refractivity contribution in [2.75, 3.05) is 0 Å².